The van der Waals surface area contributed by atoms with Gasteiger partial charge in [-0.2, -0.15) is 0 Å². The number of para-hydroxylation sites is 2. The smallest absolute Gasteiger partial charge is 0.258 e. The third-order valence-corrected chi connectivity index (χ3v) is 4.93. The van der Waals surface area contributed by atoms with E-state index >= 15 is 0 Å². The minimum atomic E-state index is -0.489. The number of benzene rings is 3. The molecule has 0 aromatic heterocycles. The summed E-state index contributed by atoms with van der Waals surface area (Å²) in [6.07, 6.45) is 0. The van der Waals surface area contributed by atoms with Gasteiger partial charge in [0.05, 0.1) is 17.4 Å². The first-order valence-electron chi connectivity index (χ1n) is 9.21. The second-order valence-corrected chi connectivity index (χ2v) is 6.95. The lowest BCUT2D eigenvalue weighted by Gasteiger charge is -2.41. The van der Waals surface area contributed by atoms with Crippen LogP contribution in [0.5, 0.6) is 0 Å². The van der Waals surface area contributed by atoms with Crippen molar-refractivity contribution in [1.82, 2.24) is 0 Å². The van der Waals surface area contributed by atoms with E-state index in [2.05, 4.69) is 0 Å². The van der Waals surface area contributed by atoms with Gasteiger partial charge in [0.25, 0.3) is 11.8 Å². The number of carbonyl (C=O) groups is 2. The summed E-state index contributed by atoms with van der Waals surface area (Å²) in [5.74, 6) is -1.67. The molecule has 1 aliphatic rings. The third-order valence-electron chi connectivity index (χ3n) is 4.93. The molecule has 1 unspecified atom stereocenters. The highest BCUT2D eigenvalue weighted by Gasteiger charge is 2.35. The maximum Gasteiger partial charge on any atom is 0.258 e. The Bertz CT molecular complexity index is 1100. The van der Waals surface area contributed by atoms with Crippen molar-refractivity contribution in [2.45, 2.75) is 13.0 Å². The summed E-state index contributed by atoms with van der Waals surface area (Å²) in [6, 6.07) is 17.7. The van der Waals surface area contributed by atoms with Crippen molar-refractivity contribution in [3.8, 4) is 0 Å². The summed E-state index contributed by atoms with van der Waals surface area (Å²) in [5, 5.41) is 0. The highest BCUT2D eigenvalue weighted by Crippen LogP contribution is 2.37. The largest absolute Gasteiger partial charge is 0.304 e. The van der Waals surface area contributed by atoms with E-state index < -0.39 is 11.6 Å². The molecule has 1 heterocycles. The van der Waals surface area contributed by atoms with Crippen LogP contribution in [0, 0.1) is 11.6 Å². The van der Waals surface area contributed by atoms with Crippen LogP contribution in [0.3, 0.4) is 0 Å². The third kappa shape index (κ3) is 3.49. The molecule has 0 N–H and O–H groups in total. The van der Waals surface area contributed by atoms with E-state index in [4.69, 9.17) is 0 Å². The monoisotopic (exact) mass is 392 g/mol. The zero-order valence-electron chi connectivity index (χ0n) is 15.7. The zero-order valence-corrected chi connectivity index (χ0v) is 15.7. The van der Waals surface area contributed by atoms with Crippen molar-refractivity contribution < 1.29 is 18.4 Å². The summed E-state index contributed by atoms with van der Waals surface area (Å²) in [5.41, 5.74) is 1.56. The van der Waals surface area contributed by atoms with Crippen LogP contribution in [-0.4, -0.2) is 24.4 Å². The standard InChI is InChI=1S/C23H18F2N2O2/c1-15-14-26(22(28)16-6-4-8-18(24)12-16)20-10-2-3-11-21(20)27(15)23(29)17-7-5-9-19(25)13-17/h2-13,15H,14H2,1H3. The van der Waals surface area contributed by atoms with Crippen molar-refractivity contribution in [1.29, 1.82) is 0 Å². The van der Waals surface area contributed by atoms with Gasteiger partial charge < -0.3 is 9.80 Å². The summed E-state index contributed by atoms with van der Waals surface area (Å²) in [4.78, 5) is 29.3. The van der Waals surface area contributed by atoms with E-state index in [1.165, 1.54) is 36.4 Å². The van der Waals surface area contributed by atoms with Crippen LogP contribution in [0.2, 0.25) is 0 Å². The second kappa shape index (κ2) is 7.47. The number of amides is 2. The van der Waals surface area contributed by atoms with Crippen molar-refractivity contribution in [3.63, 3.8) is 0 Å². The average Bonchev–Trinajstić information content (AvgIpc) is 2.72. The maximum atomic E-state index is 13.6. The highest BCUT2D eigenvalue weighted by molar-refractivity contribution is 6.13. The predicted molar refractivity (Wildman–Crippen MR) is 107 cm³/mol. The highest BCUT2D eigenvalue weighted by atomic mass is 19.1. The number of fused-ring (bicyclic) bond motifs is 1. The van der Waals surface area contributed by atoms with Gasteiger partial charge in [-0.15, -0.1) is 0 Å². The summed E-state index contributed by atoms with van der Waals surface area (Å²) >= 11 is 0. The first-order valence-corrected chi connectivity index (χ1v) is 9.21. The molecule has 2 amide bonds. The van der Waals surface area contributed by atoms with Crippen LogP contribution in [0.4, 0.5) is 20.2 Å². The van der Waals surface area contributed by atoms with E-state index in [1.54, 1.807) is 46.2 Å². The minimum Gasteiger partial charge on any atom is -0.304 e. The molecule has 0 fully saturated rings. The predicted octanol–water partition coefficient (Wildman–Crippen LogP) is 4.66. The normalized spacial score (nSPS) is 15.8. The number of carbonyl (C=O) groups excluding carboxylic acids is 2. The molecule has 0 radical (unpaired) electrons. The van der Waals surface area contributed by atoms with E-state index in [1.807, 2.05) is 6.92 Å². The lowest BCUT2D eigenvalue weighted by Crippen LogP contribution is -2.52. The quantitative estimate of drug-likeness (QED) is 0.636. The first-order chi connectivity index (χ1) is 14.0. The molecule has 1 atom stereocenters. The first kappa shape index (κ1) is 18.8. The Labute approximate surface area is 167 Å². The second-order valence-electron chi connectivity index (χ2n) is 6.95. The van der Waals surface area contributed by atoms with Crippen LogP contribution in [0.15, 0.2) is 72.8 Å². The van der Waals surface area contributed by atoms with Gasteiger partial charge in [0.1, 0.15) is 11.6 Å². The van der Waals surface area contributed by atoms with Crippen molar-refractivity contribution in [2.75, 3.05) is 16.3 Å². The number of halogens is 2. The molecule has 29 heavy (non-hydrogen) atoms. The van der Waals surface area contributed by atoms with E-state index in [0.717, 1.165) is 0 Å². The average molecular weight is 392 g/mol. The van der Waals surface area contributed by atoms with E-state index in [0.29, 0.717) is 11.4 Å². The van der Waals surface area contributed by atoms with Crippen molar-refractivity contribution in [3.05, 3.63) is 95.6 Å². The Kier molecular flexibility index (Phi) is 4.84. The lowest BCUT2D eigenvalue weighted by atomic mass is 10.0. The molecule has 0 saturated heterocycles. The Morgan fingerprint density at radius 3 is 1.93 bits per heavy atom. The molecule has 0 bridgehead atoms. The Morgan fingerprint density at radius 1 is 0.793 bits per heavy atom. The molecule has 0 saturated carbocycles. The Balaban J connectivity index is 1.74. The topological polar surface area (TPSA) is 40.6 Å². The Hall–Kier alpha value is -3.54. The van der Waals surface area contributed by atoms with Crippen LogP contribution in [-0.2, 0) is 0 Å². The minimum absolute atomic E-state index is 0.230. The molecule has 146 valence electrons. The van der Waals surface area contributed by atoms with Crippen LogP contribution >= 0.6 is 0 Å². The molecule has 0 spiro atoms. The fourth-order valence-corrected chi connectivity index (χ4v) is 3.62. The molecular weight excluding hydrogens is 374 g/mol. The number of hydrogen-bond donors (Lipinski definition) is 0. The van der Waals surface area contributed by atoms with Crippen molar-refractivity contribution >= 4 is 23.2 Å². The Morgan fingerprint density at radius 2 is 1.34 bits per heavy atom. The number of anilines is 2. The molecule has 4 rings (SSSR count). The fourth-order valence-electron chi connectivity index (χ4n) is 3.62. The van der Waals surface area contributed by atoms with E-state index in [-0.39, 0.29) is 35.5 Å². The molecule has 3 aromatic rings. The molecule has 3 aromatic carbocycles. The van der Waals surface area contributed by atoms with Gasteiger partial charge in [-0.05, 0) is 55.5 Å². The summed E-state index contributed by atoms with van der Waals surface area (Å²) < 4.78 is 27.2. The van der Waals surface area contributed by atoms with Crippen LogP contribution in [0.25, 0.3) is 0 Å². The van der Waals surface area contributed by atoms with Crippen molar-refractivity contribution in [2.24, 2.45) is 0 Å². The fraction of sp³-hybridized carbons (Fsp3) is 0.130. The van der Waals surface area contributed by atoms with Crippen LogP contribution in [0.1, 0.15) is 27.6 Å². The number of rotatable bonds is 2. The van der Waals surface area contributed by atoms with Gasteiger partial charge in [0.15, 0.2) is 0 Å². The zero-order chi connectivity index (χ0) is 20.5. The van der Waals surface area contributed by atoms with Gasteiger partial charge in [0.2, 0.25) is 0 Å². The molecule has 6 heteroatoms. The van der Waals surface area contributed by atoms with Crippen LogP contribution < -0.4 is 9.80 Å². The maximum absolute atomic E-state index is 13.6. The van der Waals surface area contributed by atoms with Gasteiger partial charge in [0, 0.05) is 17.7 Å². The molecule has 0 aliphatic carbocycles. The summed E-state index contributed by atoms with van der Waals surface area (Å²) in [7, 11) is 0. The van der Waals surface area contributed by atoms with E-state index in [9.17, 15) is 18.4 Å². The number of hydrogen-bond acceptors (Lipinski definition) is 2. The van der Waals surface area contributed by atoms with Gasteiger partial charge in [-0.25, -0.2) is 8.78 Å². The molecule has 1 aliphatic heterocycles. The lowest BCUT2D eigenvalue weighted by molar-refractivity contribution is 0.0952. The number of nitrogens with zero attached hydrogens (tertiary/aromatic N) is 2. The summed E-state index contributed by atoms with van der Waals surface area (Å²) in [6.45, 7) is 2.05. The van der Waals surface area contributed by atoms with Gasteiger partial charge >= 0.3 is 0 Å². The van der Waals surface area contributed by atoms with Gasteiger partial charge in [-0.1, -0.05) is 24.3 Å². The molecule has 4 nitrogen and oxygen atoms in total. The SMILES string of the molecule is CC1CN(C(=O)c2cccc(F)c2)c2ccccc2N1C(=O)c1cccc(F)c1. The van der Waals surface area contributed by atoms with Gasteiger partial charge in [-0.3, -0.25) is 9.59 Å². The molecular formula is C23H18F2N2O2.